The first-order valence-electron chi connectivity index (χ1n) is 6.17. The molecule has 2 unspecified atom stereocenters. The molecule has 1 aliphatic heterocycles. The summed E-state index contributed by atoms with van der Waals surface area (Å²) in [6.45, 7) is -0.0789. The number of aliphatic carboxylic acids is 1. The van der Waals surface area contributed by atoms with Crippen molar-refractivity contribution in [1.29, 1.82) is 0 Å². The number of aliphatic hydroxyl groups is 1. The van der Waals surface area contributed by atoms with Crippen LogP contribution in [0.3, 0.4) is 0 Å². The van der Waals surface area contributed by atoms with Crippen molar-refractivity contribution in [3.05, 3.63) is 35.6 Å². The van der Waals surface area contributed by atoms with Crippen molar-refractivity contribution in [1.82, 2.24) is 10.2 Å². The third-order valence-corrected chi connectivity index (χ3v) is 3.21. The zero-order valence-corrected chi connectivity index (χ0v) is 10.6. The number of likely N-dealkylation sites (tertiary alicyclic amines) is 1. The van der Waals surface area contributed by atoms with Gasteiger partial charge in [-0.2, -0.15) is 0 Å². The van der Waals surface area contributed by atoms with Gasteiger partial charge in [0.2, 0.25) is 0 Å². The third kappa shape index (κ3) is 3.05. The molecule has 0 aromatic heterocycles. The van der Waals surface area contributed by atoms with Crippen LogP contribution in [0.2, 0.25) is 0 Å². The minimum atomic E-state index is -1.16. The number of hydrogen-bond donors (Lipinski definition) is 3. The molecule has 2 rings (SSSR count). The zero-order valence-electron chi connectivity index (χ0n) is 10.6. The molecule has 0 saturated carbocycles. The first-order chi connectivity index (χ1) is 9.49. The van der Waals surface area contributed by atoms with E-state index in [4.69, 9.17) is 5.11 Å². The van der Waals surface area contributed by atoms with E-state index in [1.54, 1.807) is 6.07 Å². The van der Waals surface area contributed by atoms with Crippen LogP contribution in [0.4, 0.5) is 9.18 Å². The second-order valence-electron chi connectivity index (χ2n) is 4.65. The average molecular weight is 282 g/mol. The van der Waals surface area contributed by atoms with Gasteiger partial charge in [-0.15, -0.1) is 0 Å². The number of rotatable bonds is 3. The van der Waals surface area contributed by atoms with E-state index in [2.05, 4.69) is 5.32 Å². The van der Waals surface area contributed by atoms with Crippen LogP contribution < -0.4 is 5.32 Å². The Bertz CT molecular complexity index is 523. The fourth-order valence-corrected chi connectivity index (χ4v) is 2.19. The molecule has 1 aromatic carbocycles. The molecule has 1 saturated heterocycles. The van der Waals surface area contributed by atoms with Gasteiger partial charge in [0.25, 0.3) is 0 Å². The van der Waals surface area contributed by atoms with Gasteiger partial charge in [-0.05, 0) is 6.07 Å². The van der Waals surface area contributed by atoms with Gasteiger partial charge in [0.15, 0.2) is 0 Å². The van der Waals surface area contributed by atoms with E-state index in [1.807, 2.05) is 0 Å². The summed E-state index contributed by atoms with van der Waals surface area (Å²) in [6.07, 6.45) is -0.849. The summed E-state index contributed by atoms with van der Waals surface area (Å²) in [5.74, 6) is -1.60. The largest absolute Gasteiger partial charge is 0.480 e. The molecule has 3 N–H and O–H groups in total. The SMILES string of the molecule is O=C(O)C1CC(O)CN1C(=O)NCc1ccccc1F. The lowest BCUT2D eigenvalue weighted by atomic mass is 10.2. The second-order valence-corrected chi connectivity index (χ2v) is 4.65. The predicted molar refractivity (Wildman–Crippen MR) is 67.4 cm³/mol. The molecule has 7 heteroatoms. The fourth-order valence-electron chi connectivity index (χ4n) is 2.19. The molecule has 1 fully saturated rings. The van der Waals surface area contributed by atoms with Crippen molar-refractivity contribution in [2.24, 2.45) is 0 Å². The van der Waals surface area contributed by atoms with Crippen LogP contribution in [0.1, 0.15) is 12.0 Å². The lowest BCUT2D eigenvalue weighted by Crippen LogP contribution is -2.46. The Kier molecular flexibility index (Phi) is 4.19. The number of carbonyl (C=O) groups is 2. The quantitative estimate of drug-likeness (QED) is 0.755. The van der Waals surface area contributed by atoms with Crippen molar-refractivity contribution >= 4 is 12.0 Å². The highest BCUT2D eigenvalue weighted by molar-refractivity contribution is 5.83. The number of β-amino-alcohol motifs (C(OH)–C–C–N with tert-alkyl or cyclic N) is 1. The van der Waals surface area contributed by atoms with Gasteiger partial charge in [0.1, 0.15) is 11.9 Å². The number of benzene rings is 1. The van der Waals surface area contributed by atoms with Crippen molar-refractivity contribution in [2.45, 2.75) is 25.1 Å². The van der Waals surface area contributed by atoms with E-state index in [-0.39, 0.29) is 19.5 Å². The molecule has 6 nitrogen and oxygen atoms in total. The van der Waals surface area contributed by atoms with Crippen LogP contribution in [-0.2, 0) is 11.3 Å². The highest BCUT2D eigenvalue weighted by Crippen LogP contribution is 2.18. The molecular weight excluding hydrogens is 267 g/mol. The van der Waals surface area contributed by atoms with Gasteiger partial charge in [0, 0.05) is 25.1 Å². The van der Waals surface area contributed by atoms with Crippen molar-refractivity contribution < 1.29 is 24.2 Å². The number of urea groups is 1. The maximum Gasteiger partial charge on any atom is 0.326 e. The molecule has 2 atom stereocenters. The van der Waals surface area contributed by atoms with Crippen LogP contribution in [0.25, 0.3) is 0 Å². The van der Waals surface area contributed by atoms with Gasteiger partial charge < -0.3 is 20.4 Å². The minimum Gasteiger partial charge on any atom is -0.480 e. The summed E-state index contributed by atoms with van der Waals surface area (Å²) in [5, 5.41) is 20.9. The minimum absolute atomic E-state index is 0.00243. The number of nitrogens with zero attached hydrogens (tertiary/aromatic N) is 1. The van der Waals surface area contributed by atoms with E-state index in [1.165, 1.54) is 18.2 Å². The van der Waals surface area contributed by atoms with E-state index >= 15 is 0 Å². The van der Waals surface area contributed by atoms with Gasteiger partial charge in [0.05, 0.1) is 6.10 Å². The van der Waals surface area contributed by atoms with Crippen molar-refractivity contribution in [3.8, 4) is 0 Å². The summed E-state index contributed by atoms with van der Waals surface area (Å²) < 4.78 is 13.4. The maximum atomic E-state index is 13.4. The van der Waals surface area contributed by atoms with E-state index in [0.29, 0.717) is 5.56 Å². The summed E-state index contributed by atoms with van der Waals surface area (Å²) in [7, 11) is 0. The molecule has 20 heavy (non-hydrogen) atoms. The van der Waals surface area contributed by atoms with Crippen LogP contribution in [0, 0.1) is 5.82 Å². The number of halogens is 1. The van der Waals surface area contributed by atoms with Gasteiger partial charge in [-0.1, -0.05) is 18.2 Å². The van der Waals surface area contributed by atoms with Crippen LogP contribution in [0.15, 0.2) is 24.3 Å². The predicted octanol–water partition coefficient (Wildman–Crippen LogP) is 0.555. The number of carboxylic acid groups (broad SMARTS) is 1. The van der Waals surface area contributed by atoms with Gasteiger partial charge in [-0.3, -0.25) is 0 Å². The number of carbonyl (C=O) groups excluding carboxylic acids is 1. The number of carboxylic acids is 1. The van der Waals surface area contributed by atoms with Gasteiger partial charge >= 0.3 is 12.0 Å². The monoisotopic (exact) mass is 282 g/mol. The Labute approximate surface area is 114 Å². The number of amides is 2. The van der Waals surface area contributed by atoms with E-state index < -0.39 is 30.0 Å². The Morgan fingerprint density at radius 2 is 2.10 bits per heavy atom. The van der Waals surface area contributed by atoms with E-state index in [9.17, 15) is 19.1 Å². The van der Waals surface area contributed by atoms with Crippen LogP contribution in [-0.4, -0.2) is 45.8 Å². The zero-order chi connectivity index (χ0) is 14.7. The molecule has 1 aliphatic rings. The topological polar surface area (TPSA) is 89.9 Å². The molecule has 1 heterocycles. The fraction of sp³-hybridized carbons (Fsp3) is 0.385. The first kappa shape index (κ1) is 14.3. The van der Waals surface area contributed by atoms with Gasteiger partial charge in [-0.25, -0.2) is 14.0 Å². The lowest BCUT2D eigenvalue weighted by molar-refractivity contribution is -0.141. The van der Waals surface area contributed by atoms with Crippen LogP contribution in [0.5, 0.6) is 0 Å². The summed E-state index contributed by atoms with van der Waals surface area (Å²) in [5.41, 5.74) is 0.312. The third-order valence-electron chi connectivity index (χ3n) is 3.21. The molecule has 2 amide bonds. The van der Waals surface area contributed by atoms with Crippen molar-refractivity contribution in [2.75, 3.05) is 6.54 Å². The highest BCUT2D eigenvalue weighted by atomic mass is 19.1. The Morgan fingerprint density at radius 3 is 2.75 bits per heavy atom. The van der Waals surface area contributed by atoms with E-state index in [0.717, 1.165) is 4.90 Å². The molecule has 0 aliphatic carbocycles. The number of hydrogen-bond acceptors (Lipinski definition) is 3. The summed E-state index contributed by atoms with van der Waals surface area (Å²) >= 11 is 0. The van der Waals surface area contributed by atoms with Crippen molar-refractivity contribution in [3.63, 3.8) is 0 Å². The average Bonchev–Trinajstić information content (AvgIpc) is 2.80. The Hall–Kier alpha value is -2.15. The standard InChI is InChI=1S/C13H15FN2O4/c14-10-4-2-1-3-8(10)6-15-13(20)16-7-9(17)5-11(16)12(18)19/h1-4,9,11,17H,5-7H2,(H,15,20)(H,18,19). The first-order valence-corrected chi connectivity index (χ1v) is 6.17. The Balaban J connectivity index is 1.98. The summed E-state index contributed by atoms with van der Waals surface area (Å²) in [6, 6.07) is 4.31. The number of nitrogens with one attached hydrogen (secondary N) is 1. The molecule has 0 bridgehead atoms. The van der Waals surface area contributed by atoms with Crippen LogP contribution >= 0.6 is 0 Å². The molecular formula is C13H15FN2O4. The lowest BCUT2D eigenvalue weighted by Gasteiger charge is -2.21. The molecule has 108 valence electrons. The highest BCUT2D eigenvalue weighted by Gasteiger charge is 2.38. The molecule has 1 aromatic rings. The summed E-state index contributed by atoms with van der Waals surface area (Å²) in [4.78, 5) is 24.0. The Morgan fingerprint density at radius 1 is 1.40 bits per heavy atom. The second kappa shape index (κ2) is 5.87. The number of aliphatic hydroxyl groups excluding tert-OH is 1. The maximum absolute atomic E-state index is 13.4. The smallest absolute Gasteiger partial charge is 0.326 e. The molecule has 0 radical (unpaired) electrons. The normalized spacial score (nSPS) is 21.8. The molecule has 0 spiro atoms.